The van der Waals surface area contributed by atoms with Crippen molar-refractivity contribution in [3.8, 4) is 0 Å². The average Bonchev–Trinajstić information content (AvgIpc) is 2.35. The zero-order valence-corrected chi connectivity index (χ0v) is 11.6. The second-order valence-electron chi connectivity index (χ2n) is 4.02. The first kappa shape index (κ1) is 15.4. The molecule has 0 aliphatic carbocycles. The first-order valence-electron chi connectivity index (χ1n) is 5.80. The smallest absolute Gasteiger partial charge is 0.335 e. The number of hydrogen-bond acceptors (Lipinski definition) is 4. The molecule has 7 nitrogen and oxygen atoms in total. The summed E-state index contributed by atoms with van der Waals surface area (Å²) in [7, 11) is -2.24. The SMILES string of the molecule is CCCCN(C)S(=O)(=O)Nc1cc(C(=O)O)ccn1. The summed E-state index contributed by atoms with van der Waals surface area (Å²) in [6, 6.07) is 2.47. The van der Waals surface area contributed by atoms with E-state index < -0.39 is 16.2 Å². The summed E-state index contributed by atoms with van der Waals surface area (Å²) in [4.78, 5) is 14.6. The Bertz CT molecular complexity index is 545. The van der Waals surface area contributed by atoms with Gasteiger partial charge in [0.1, 0.15) is 5.82 Å². The fraction of sp³-hybridized carbons (Fsp3) is 0.455. The molecule has 2 N–H and O–H groups in total. The van der Waals surface area contributed by atoms with Crippen LogP contribution in [0.15, 0.2) is 18.3 Å². The van der Waals surface area contributed by atoms with Crippen molar-refractivity contribution in [1.82, 2.24) is 9.29 Å². The topological polar surface area (TPSA) is 99.6 Å². The van der Waals surface area contributed by atoms with E-state index in [4.69, 9.17) is 5.11 Å². The van der Waals surface area contributed by atoms with Gasteiger partial charge in [-0.3, -0.25) is 4.72 Å². The fourth-order valence-corrected chi connectivity index (χ4v) is 2.23. The van der Waals surface area contributed by atoms with Crippen LogP contribution in [0.1, 0.15) is 30.1 Å². The Morgan fingerprint density at radius 1 is 1.53 bits per heavy atom. The summed E-state index contributed by atoms with van der Waals surface area (Å²) in [6.45, 7) is 2.36. The van der Waals surface area contributed by atoms with Gasteiger partial charge in [-0.05, 0) is 18.6 Å². The first-order chi connectivity index (χ1) is 8.86. The van der Waals surface area contributed by atoms with Gasteiger partial charge in [0.25, 0.3) is 0 Å². The largest absolute Gasteiger partial charge is 0.478 e. The van der Waals surface area contributed by atoms with E-state index in [-0.39, 0.29) is 11.4 Å². The summed E-state index contributed by atoms with van der Waals surface area (Å²) in [5.41, 5.74) is -0.0242. The molecule has 0 spiro atoms. The molecule has 8 heteroatoms. The third-order valence-corrected chi connectivity index (χ3v) is 3.95. The van der Waals surface area contributed by atoms with Crippen LogP contribution >= 0.6 is 0 Å². The molecule has 0 fully saturated rings. The minimum atomic E-state index is -3.70. The molecule has 1 aromatic rings. The van der Waals surface area contributed by atoms with Crippen molar-refractivity contribution in [3.05, 3.63) is 23.9 Å². The Kier molecular flexibility index (Phi) is 5.25. The number of nitrogens with zero attached hydrogens (tertiary/aromatic N) is 2. The zero-order chi connectivity index (χ0) is 14.5. The minimum Gasteiger partial charge on any atom is -0.478 e. The maximum atomic E-state index is 11.9. The van der Waals surface area contributed by atoms with Gasteiger partial charge in [0.05, 0.1) is 5.56 Å². The van der Waals surface area contributed by atoms with E-state index in [9.17, 15) is 13.2 Å². The highest BCUT2D eigenvalue weighted by Crippen LogP contribution is 2.10. The van der Waals surface area contributed by atoms with Crippen molar-refractivity contribution in [2.45, 2.75) is 19.8 Å². The lowest BCUT2D eigenvalue weighted by molar-refractivity contribution is 0.0697. The molecule has 0 saturated heterocycles. The van der Waals surface area contributed by atoms with Crippen molar-refractivity contribution in [2.75, 3.05) is 18.3 Å². The molecule has 0 atom stereocenters. The number of aromatic carboxylic acids is 1. The highest BCUT2D eigenvalue weighted by molar-refractivity contribution is 7.90. The van der Waals surface area contributed by atoms with Gasteiger partial charge in [-0.2, -0.15) is 12.7 Å². The highest BCUT2D eigenvalue weighted by atomic mass is 32.2. The third kappa shape index (κ3) is 4.49. The van der Waals surface area contributed by atoms with Gasteiger partial charge in [-0.25, -0.2) is 9.78 Å². The summed E-state index contributed by atoms with van der Waals surface area (Å²) in [5, 5.41) is 8.82. The van der Waals surface area contributed by atoms with E-state index in [0.717, 1.165) is 12.8 Å². The van der Waals surface area contributed by atoms with E-state index >= 15 is 0 Å². The quantitative estimate of drug-likeness (QED) is 0.784. The van der Waals surface area contributed by atoms with Crippen molar-refractivity contribution < 1.29 is 18.3 Å². The van der Waals surface area contributed by atoms with Crippen molar-refractivity contribution in [2.24, 2.45) is 0 Å². The molecular formula is C11H17N3O4S. The molecule has 19 heavy (non-hydrogen) atoms. The minimum absolute atomic E-state index is 0.0109. The molecule has 0 aliphatic heterocycles. The third-order valence-electron chi connectivity index (χ3n) is 2.48. The van der Waals surface area contributed by atoms with Crippen LogP contribution in [0.3, 0.4) is 0 Å². The van der Waals surface area contributed by atoms with Crippen molar-refractivity contribution in [1.29, 1.82) is 0 Å². The molecule has 0 saturated carbocycles. The summed E-state index contributed by atoms with van der Waals surface area (Å²) < 4.78 is 27.2. The number of hydrogen-bond donors (Lipinski definition) is 2. The first-order valence-corrected chi connectivity index (χ1v) is 7.24. The van der Waals surface area contributed by atoms with Gasteiger partial charge in [-0.15, -0.1) is 0 Å². The average molecular weight is 287 g/mol. The molecule has 1 aromatic heterocycles. The number of aromatic nitrogens is 1. The lowest BCUT2D eigenvalue weighted by Gasteiger charge is -2.17. The van der Waals surface area contributed by atoms with E-state index in [0.29, 0.717) is 6.54 Å². The second kappa shape index (κ2) is 6.48. The van der Waals surface area contributed by atoms with E-state index in [2.05, 4.69) is 9.71 Å². The normalized spacial score (nSPS) is 11.5. The highest BCUT2D eigenvalue weighted by Gasteiger charge is 2.18. The standard InChI is InChI=1S/C11H17N3O4S/c1-3-4-7-14(2)19(17,18)13-10-8-9(11(15)16)5-6-12-10/h5-6,8H,3-4,7H2,1-2H3,(H,12,13)(H,15,16). The summed E-state index contributed by atoms with van der Waals surface area (Å²) in [6.07, 6.45) is 2.87. The summed E-state index contributed by atoms with van der Waals surface area (Å²) in [5.74, 6) is -1.15. The van der Waals surface area contributed by atoms with Crippen molar-refractivity contribution in [3.63, 3.8) is 0 Å². The lowest BCUT2D eigenvalue weighted by Crippen LogP contribution is -2.33. The van der Waals surface area contributed by atoms with Gasteiger partial charge in [0, 0.05) is 19.8 Å². The maximum absolute atomic E-state index is 11.9. The Labute approximate surface area is 112 Å². The number of carboxylic acids is 1. The van der Waals surface area contributed by atoms with E-state index in [1.54, 1.807) is 0 Å². The number of carboxylic acid groups (broad SMARTS) is 1. The number of rotatable bonds is 7. The fourth-order valence-electron chi connectivity index (χ4n) is 1.33. The lowest BCUT2D eigenvalue weighted by atomic mass is 10.3. The number of nitrogens with one attached hydrogen (secondary N) is 1. The Balaban J connectivity index is 2.83. The van der Waals surface area contributed by atoms with E-state index in [1.807, 2.05) is 6.92 Å². The Hall–Kier alpha value is -1.67. The van der Waals surface area contributed by atoms with Crippen LogP contribution < -0.4 is 4.72 Å². The molecule has 0 unspecified atom stereocenters. The molecule has 1 rings (SSSR count). The molecule has 0 aliphatic rings. The maximum Gasteiger partial charge on any atom is 0.335 e. The van der Waals surface area contributed by atoms with Crippen LogP contribution in [0.5, 0.6) is 0 Å². The molecule has 0 aromatic carbocycles. The number of unbranched alkanes of at least 4 members (excludes halogenated alkanes) is 1. The number of pyridine rings is 1. The summed E-state index contributed by atoms with van der Waals surface area (Å²) >= 11 is 0. The van der Waals surface area contributed by atoms with Crippen LogP contribution in [0, 0.1) is 0 Å². The second-order valence-corrected chi connectivity index (χ2v) is 5.79. The van der Waals surface area contributed by atoms with Crippen LogP contribution in [0.2, 0.25) is 0 Å². The number of anilines is 1. The van der Waals surface area contributed by atoms with Gasteiger partial charge < -0.3 is 5.11 Å². The van der Waals surface area contributed by atoms with Gasteiger partial charge in [-0.1, -0.05) is 13.3 Å². The van der Waals surface area contributed by atoms with Gasteiger partial charge in [0.15, 0.2) is 0 Å². The van der Waals surface area contributed by atoms with Gasteiger partial charge >= 0.3 is 16.2 Å². The Morgan fingerprint density at radius 3 is 2.79 bits per heavy atom. The zero-order valence-electron chi connectivity index (χ0n) is 10.8. The van der Waals surface area contributed by atoms with Gasteiger partial charge in [0.2, 0.25) is 0 Å². The number of carbonyl (C=O) groups is 1. The molecule has 0 bridgehead atoms. The van der Waals surface area contributed by atoms with E-state index in [1.165, 1.54) is 29.7 Å². The molecular weight excluding hydrogens is 270 g/mol. The van der Waals surface area contributed by atoms with Crippen LogP contribution in [-0.2, 0) is 10.2 Å². The van der Waals surface area contributed by atoms with Crippen LogP contribution in [0.25, 0.3) is 0 Å². The molecule has 106 valence electrons. The van der Waals surface area contributed by atoms with Crippen molar-refractivity contribution >= 4 is 22.0 Å². The molecule has 0 amide bonds. The predicted molar refractivity (Wildman–Crippen MR) is 71.3 cm³/mol. The molecule has 0 radical (unpaired) electrons. The van der Waals surface area contributed by atoms with Crippen LogP contribution in [-0.4, -0.2) is 42.4 Å². The predicted octanol–water partition coefficient (Wildman–Crippen LogP) is 1.17. The monoisotopic (exact) mass is 287 g/mol. The van der Waals surface area contributed by atoms with Crippen LogP contribution in [0.4, 0.5) is 5.82 Å². The Morgan fingerprint density at radius 2 is 2.21 bits per heavy atom. The molecule has 1 heterocycles.